The number of hydrogen-bond acceptors (Lipinski definition) is 7. The summed E-state index contributed by atoms with van der Waals surface area (Å²) in [7, 11) is 0. The van der Waals surface area contributed by atoms with Gasteiger partial charge >= 0.3 is 0 Å². The van der Waals surface area contributed by atoms with E-state index in [0.717, 1.165) is 57.0 Å². The van der Waals surface area contributed by atoms with Gasteiger partial charge in [0.05, 0.1) is 0 Å². The minimum Gasteiger partial charge on any atom is -0.324 e. The summed E-state index contributed by atoms with van der Waals surface area (Å²) in [6.07, 6.45) is 5.44. The molecule has 0 amide bonds. The van der Waals surface area contributed by atoms with Gasteiger partial charge in [-0.3, -0.25) is 0 Å². The average Bonchev–Trinajstić information content (AvgIpc) is 3.72. The first-order valence-electron chi connectivity index (χ1n) is 22.2. The van der Waals surface area contributed by atoms with Gasteiger partial charge in [-0.25, -0.2) is 24.9 Å². The molecule has 1 N–H and O–H groups in total. The van der Waals surface area contributed by atoms with E-state index < -0.39 is 0 Å². The maximum absolute atomic E-state index is 5.18. The van der Waals surface area contributed by atoms with Gasteiger partial charge in [0.2, 0.25) is 0 Å². The van der Waals surface area contributed by atoms with E-state index in [-0.39, 0.29) is 12.1 Å². The number of amidine groups is 2. The molecule has 3 heterocycles. The van der Waals surface area contributed by atoms with Crippen molar-refractivity contribution in [3.8, 4) is 45.3 Å². The van der Waals surface area contributed by atoms with Gasteiger partial charge in [0, 0.05) is 48.4 Å². The van der Waals surface area contributed by atoms with E-state index in [4.69, 9.17) is 24.9 Å². The molecule has 1 aliphatic carbocycles. The second kappa shape index (κ2) is 16.8. The Morgan fingerprint density at radius 2 is 0.969 bits per heavy atom. The van der Waals surface area contributed by atoms with Gasteiger partial charge in [-0.15, -0.1) is 11.3 Å². The van der Waals surface area contributed by atoms with Gasteiger partial charge in [-0.1, -0.05) is 174 Å². The van der Waals surface area contributed by atoms with E-state index in [0.29, 0.717) is 17.5 Å². The van der Waals surface area contributed by atoms with Crippen LogP contribution >= 0.6 is 11.3 Å². The molecule has 7 aromatic carbocycles. The molecule has 0 fully saturated rings. The van der Waals surface area contributed by atoms with Crippen molar-refractivity contribution < 1.29 is 0 Å². The van der Waals surface area contributed by atoms with Crippen molar-refractivity contribution in [3.63, 3.8) is 0 Å². The summed E-state index contributed by atoms with van der Waals surface area (Å²) in [5, 5.41) is 6.17. The second-order valence-electron chi connectivity index (χ2n) is 17.3. The van der Waals surface area contributed by atoms with Crippen molar-refractivity contribution in [2.75, 3.05) is 0 Å². The minimum atomic E-state index is -0.356. The van der Waals surface area contributed by atoms with E-state index in [1.165, 1.54) is 53.2 Å². The molecule has 0 bridgehead atoms. The number of nitrogens with one attached hydrogen (secondary N) is 1. The highest BCUT2D eigenvalue weighted by molar-refractivity contribution is 7.17. The Balaban J connectivity index is 0.927. The topological polar surface area (TPSA) is 75.4 Å². The molecule has 2 unspecified atom stereocenters. The maximum atomic E-state index is 5.18. The van der Waals surface area contributed by atoms with Crippen LogP contribution in [0.5, 0.6) is 0 Å². The summed E-state index contributed by atoms with van der Waals surface area (Å²) in [4.78, 5) is 25.4. The number of benzene rings is 7. The first-order valence-corrected chi connectivity index (χ1v) is 23.0. The molecule has 2 aromatic heterocycles. The predicted molar refractivity (Wildman–Crippen MR) is 270 cm³/mol. The predicted octanol–water partition coefficient (Wildman–Crippen LogP) is 12.2. The average molecular weight is 859 g/mol. The van der Waals surface area contributed by atoms with Gasteiger partial charge in [0.15, 0.2) is 23.6 Å². The molecule has 6 nitrogen and oxygen atoms in total. The molecule has 0 radical (unpaired) electrons. The van der Waals surface area contributed by atoms with Crippen LogP contribution in [0.15, 0.2) is 174 Å². The Bertz CT molecular complexity index is 3390. The summed E-state index contributed by atoms with van der Waals surface area (Å²) >= 11 is 1.87. The Morgan fingerprint density at radius 3 is 1.62 bits per heavy atom. The van der Waals surface area contributed by atoms with Crippen molar-refractivity contribution in [3.05, 3.63) is 218 Å². The highest BCUT2D eigenvalue weighted by atomic mass is 32.1. The highest BCUT2D eigenvalue weighted by Crippen LogP contribution is 2.32. The molecule has 0 spiro atoms. The Kier molecular flexibility index (Phi) is 10.4. The molecule has 65 heavy (non-hydrogen) atoms. The van der Waals surface area contributed by atoms with Crippen LogP contribution < -0.4 is 15.1 Å². The second-order valence-corrected chi connectivity index (χ2v) is 18.4. The van der Waals surface area contributed by atoms with Crippen molar-refractivity contribution in [2.24, 2.45) is 9.98 Å². The summed E-state index contributed by atoms with van der Waals surface area (Å²) in [6, 6.07) is 58.1. The standard InChI is InChI=1S/C58H46N6S/c1-35-11-19-39(20-12-35)53-59-54(40-21-13-36(2)14-22-40)62-57(61-53)47-9-5-7-43(31-47)45-27-29-51-49(33-45)50-34-46(28-30-52(50)65-51)44-8-6-10-48(32-44)58-63-55(41-23-15-37(3)16-24-41)60-56(64-58)42-25-17-38(4)18-26-42/h5-27,29-34,46,53H,28H2,1-4H3,(H,59,61,62). The minimum absolute atomic E-state index is 0.198. The van der Waals surface area contributed by atoms with Crippen molar-refractivity contribution in [1.82, 2.24) is 20.3 Å². The highest BCUT2D eigenvalue weighted by Gasteiger charge is 2.22. The number of thiophene rings is 1. The molecule has 0 saturated heterocycles. The number of nitrogens with zero attached hydrogens (tertiary/aromatic N) is 5. The van der Waals surface area contributed by atoms with Gasteiger partial charge in [0.1, 0.15) is 11.7 Å². The lowest BCUT2D eigenvalue weighted by Gasteiger charge is -2.23. The van der Waals surface area contributed by atoms with Crippen LogP contribution in [0, 0.1) is 27.7 Å². The van der Waals surface area contributed by atoms with Crippen LogP contribution in [0.1, 0.15) is 63.0 Å². The largest absolute Gasteiger partial charge is 0.324 e. The zero-order valence-electron chi connectivity index (χ0n) is 36.7. The summed E-state index contributed by atoms with van der Waals surface area (Å²) < 4.78 is 2.61. The molecule has 0 saturated carbocycles. The SMILES string of the molecule is Cc1ccc(C2=NC(c3ccc(C)cc3)N=C(c3cccc(-c4ccc5sc6c(c5c4)=CC(c4cccc(-c5nc(-c7ccc(C)cc7)nc(-c7ccc(C)cc7)n5)c4)CC=6)c3)N2)cc1. The first-order chi connectivity index (χ1) is 31.8. The first kappa shape index (κ1) is 40.2. The quantitative estimate of drug-likeness (QED) is 0.165. The molecule has 11 rings (SSSR count). The molecular formula is C58H46N6S. The Morgan fingerprint density at radius 1 is 0.462 bits per heavy atom. The number of aromatic nitrogens is 3. The van der Waals surface area contributed by atoms with Crippen LogP contribution in [0.2, 0.25) is 0 Å². The molecule has 7 heteroatoms. The van der Waals surface area contributed by atoms with E-state index in [9.17, 15) is 0 Å². The van der Waals surface area contributed by atoms with Gasteiger partial charge in [0.25, 0.3) is 0 Å². The van der Waals surface area contributed by atoms with Gasteiger partial charge < -0.3 is 5.32 Å². The summed E-state index contributed by atoms with van der Waals surface area (Å²) in [5.74, 6) is 3.82. The lowest BCUT2D eigenvalue weighted by molar-refractivity contribution is 0.755. The number of rotatable bonds is 8. The number of aliphatic imine (C=N–C) groups is 2. The smallest absolute Gasteiger partial charge is 0.169 e. The fraction of sp³-hybridized carbons (Fsp3) is 0.121. The third kappa shape index (κ3) is 8.23. The summed E-state index contributed by atoms with van der Waals surface area (Å²) in [5.41, 5.74) is 14.4. The maximum Gasteiger partial charge on any atom is 0.169 e. The van der Waals surface area contributed by atoms with Gasteiger partial charge in [-0.05, 0) is 85.9 Å². The van der Waals surface area contributed by atoms with Crippen LogP contribution in [-0.2, 0) is 0 Å². The zero-order valence-corrected chi connectivity index (χ0v) is 37.6. The molecule has 2 aliphatic rings. The monoisotopic (exact) mass is 858 g/mol. The molecule has 9 aromatic rings. The third-order valence-corrected chi connectivity index (χ3v) is 13.6. The molecule has 1 aliphatic heterocycles. The van der Waals surface area contributed by atoms with Crippen LogP contribution in [0.3, 0.4) is 0 Å². The van der Waals surface area contributed by atoms with E-state index in [1.807, 2.05) is 11.3 Å². The fourth-order valence-corrected chi connectivity index (χ4v) is 9.76. The van der Waals surface area contributed by atoms with E-state index in [2.05, 4.69) is 209 Å². The lowest BCUT2D eigenvalue weighted by Crippen LogP contribution is -2.36. The fourth-order valence-electron chi connectivity index (χ4n) is 8.64. The van der Waals surface area contributed by atoms with Crippen LogP contribution in [-0.4, -0.2) is 26.6 Å². The third-order valence-electron chi connectivity index (χ3n) is 12.4. The van der Waals surface area contributed by atoms with E-state index in [1.54, 1.807) is 0 Å². The zero-order chi connectivity index (χ0) is 44.0. The molecule has 2 atom stereocenters. The van der Waals surface area contributed by atoms with Crippen molar-refractivity contribution in [2.45, 2.75) is 46.2 Å². The van der Waals surface area contributed by atoms with E-state index >= 15 is 0 Å². The van der Waals surface area contributed by atoms with Crippen LogP contribution in [0.4, 0.5) is 0 Å². The Hall–Kier alpha value is -7.61. The number of hydrogen-bond donors (Lipinski definition) is 1. The molecule has 314 valence electrons. The Labute approximate surface area is 383 Å². The lowest BCUT2D eigenvalue weighted by atomic mass is 9.90. The normalized spacial score (nSPS) is 15.6. The number of aryl methyl sites for hydroxylation is 4. The molecular weight excluding hydrogens is 813 g/mol. The summed E-state index contributed by atoms with van der Waals surface area (Å²) in [6.45, 7) is 8.40. The van der Waals surface area contributed by atoms with Crippen molar-refractivity contribution >= 4 is 45.2 Å². The van der Waals surface area contributed by atoms with Crippen LogP contribution in [0.25, 0.3) is 67.5 Å². The van der Waals surface area contributed by atoms with Gasteiger partial charge in [-0.2, -0.15) is 0 Å². The number of fused-ring (bicyclic) bond motifs is 3. The van der Waals surface area contributed by atoms with Crippen molar-refractivity contribution in [1.29, 1.82) is 0 Å².